The zero-order valence-electron chi connectivity index (χ0n) is 14.3. The van der Waals surface area contributed by atoms with Crippen molar-refractivity contribution < 1.29 is 9.63 Å². The monoisotopic (exact) mass is 329 g/mol. The summed E-state index contributed by atoms with van der Waals surface area (Å²) in [5, 5.41) is 17.7. The van der Waals surface area contributed by atoms with Crippen LogP contribution in [0.4, 0.5) is 0 Å². The number of benzene rings is 1. The number of nitrogens with one attached hydrogen (secondary N) is 1. The number of hydrogen-bond acceptors (Lipinski definition) is 5. The van der Waals surface area contributed by atoms with E-state index >= 15 is 0 Å². The maximum atomic E-state index is 10.2. The maximum Gasteiger partial charge on any atom is 0.229 e. The number of hydrogen-bond donors (Lipinski definition) is 2. The van der Waals surface area contributed by atoms with Gasteiger partial charge in [-0.15, -0.1) is 0 Å². The molecule has 5 nitrogen and oxygen atoms in total. The molecule has 0 saturated heterocycles. The molecular weight excluding hydrogens is 302 g/mol. The lowest BCUT2D eigenvalue weighted by atomic mass is 9.86. The van der Waals surface area contributed by atoms with E-state index in [1.807, 2.05) is 25.1 Å². The lowest BCUT2D eigenvalue weighted by Crippen LogP contribution is -2.38. The Hall–Kier alpha value is -1.72. The largest absolute Gasteiger partial charge is 0.391 e. The van der Waals surface area contributed by atoms with Crippen molar-refractivity contribution in [2.24, 2.45) is 0 Å². The van der Waals surface area contributed by atoms with Crippen molar-refractivity contribution >= 4 is 0 Å². The van der Waals surface area contributed by atoms with Crippen LogP contribution in [-0.4, -0.2) is 33.9 Å². The highest BCUT2D eigenvalue weighted by molar-refractivity contribution is 5.15. The molecule has 1 atom stereocenters. The molecule has 1 aliphatic rings. The van der Waals surface area contributed by atoms with Gasteiger partial charge in [0.05, 0.1) is 6.10 Å². The average molecular weight is 329 g/mol. The SMILES string of the molecule is CCc1noc(C2CCC(NCC(O)Cc3ccccc3)CC2)n1. The van der Waals surface area contributed by atoms with Crippen LogP contribution in [0.3, 0.4) is 0 Å². The van der Waals surface area contributed by atoms with Gasteiger partial charge in [-0.05, 0) is 37.7 Å². The Morgan fingerprint density at radius 2 is 1.96 bits per heavy atom. The molecule has 3 rings (SSSR count). The lowest BCUT2D eigenvalue weighted by Gasteiger charge is -2.28. The molecule has 1 unspecified atom stereocenters. The van der Waals surface area contributed by atoms with Crippen molar-refractivity contribution in [2.75, 3.05) is 6.54 Å². The van der Waals surface area contributed by atoms with Gasteiger partial charge in [-0.2, -0.15) is 4.98 Å². The highest BCUT2D eigenvalue weighted by atomic mass is 16.5. The predicted octanol–water partition coefficient (Wildman–Crippen LogP) is 2.85. The van der Waals surface area contributed by atoms with E-state index in [0.717, 1.165) is 43.8 Å². The highest BCUT2D eigenvalue weighted by Crippen LogP contribution is 2.31. The van der Waals surface area contributed by atoms with Crippen LogP contribution in [0.25, 0.3) is 0 Å². The number of aromatic nitrogens is 2. The van der Waals surface area contributed by atoms with Gasteiger partial charge < -0.3 is 14.9 Å². The molecule has 0 bridgehead atoms. The molecule has 0 aliphatic heterocycles. The average Bonchev–Trinajstić information content (AvgIpc) is 3.10. The molecule has 0 spiro atoms. The number of aryl methyl sites for hydroxylation is 1. The summed E-state index contributed by atoms with van der Waals surface area (Å²) in [6.07, 6.45) is 5.49. The van der Waals surface area contributed by atoms with Crippen LogP contribution < -0.4 is 5.32 Å². The van der Waals surface area contributed by atoms with Crippen molar-refractivity contribution in [3.05, 3.63) is 47.6 Å². The number of aliphatic hydroxyl groups excluding tert-OH is 1. The van der Waals surface area contributed by atoms with E-state index < -0.39 is 0 Å². The zero-order chi connectivity index (χ0) is 16.8. The number of rotatable bonds is 7. The molecule has 5 heteroatoms. The van der Waals surface area contributed by atoms with Gasteiger partial charge in [-0.1, -0.05) is 42.4 Å². The molecule has 1 aromatic carbocycles. The predicted molar refractivity (Wildman–Crippen MR) is 92.8 cm³/mol. The van der Waals surface area contributed by atoms with Crippen molar-refractivity contribution in [1.29, 1.82) is 0 Å². The Bertz CT molecular complexity index is 606. The molecule has 0 amide bonds. The molecule has 0 radical (unpaired) electrons. The Balaban J connectivity index is 1.39. The van der Waals surface area contributed by atoms with Crippen molar-refractivity contribution in [2.45, 2.75) is 63.5 Å². The maximum absolute atomic E-state index is 10.2. The van der Waals surface area contributed by atoms with Crippen LogP contribution in [0.1, 0.15) is 55.8 Å². The fourth-order valence-corrected chi connectivity index (χ4v) is 3.38. The third-order valence-electron chi connectivity index (χ3n) is 4.83. The fraction of sp³-hybridized carbons (Fsp3) is 0.579. The Kier molecular flexibility index (Phi) is 5.99. The number of nitrogens with zero attached hydrogens (tertiary/aromatic N) is 2. The third kappa shape index (κ3) is 4.65. The van der Waals surface area contributed by atoms with Crippen molar-refractivity contribution in [1.82, 2.24) is 15.5 Å². The molecule has 1 aromatic heterocycles. The summed E-state index contributed by atoms with van der Waals surface area (Å²) in [5.41, 5.74) is 1.18. The summed E-state index contributed by atoms with van der Waals surface area (Å²) in [7, 11) is 0. The van der Waals surface area contributed by atoms with Gasteiger partial charge in [0.25, 0.3) is 0 Å². The van der Waals surface area contributed by atoms with E-state index in [4.69, 9.17) is 4.52 Å². The quantitative estimate of drug-likeness (QED) is 0.817. The minimum atomic E-state index is -0.340. The standard InChI is InChI=1S/C19H27N3O2/c1-2-18-21-19(24-22-18)15-8-10-16(11-9-15)20-13-17(23)12-14-6-4-3-5-7-14/h3-7,15-17,20,23H,2,8-13H2,1H3. The Morgan fingerprint density at radius 1 is 1.21 bits per heavy atom. The number of aliphatic hydroxyl groups is 1. The smallest absolute Gasteiger partial charge is 0.229 e. The van der Waals surface area contributed by atoms with E-state index in [-0.39, 0.29) is 6.10 Å². The van der Waals surface area contributed by atoms with Crippen LogP contribution in [0.15, 0.2) is 34.9 Å². The van der Waals surface area contributed by atoms with Crippen LogP contribution in [-0.2, 0) is 12.8 Å². The normalized spacial score (nSPS) is 22.4. The topological polar surface area (TPSA) is 71.2 Å². The molecule has 24 heavy (non-hydrogen) atoms. The first-order chi connectivity index (χ1) is 11.7. The zero-order valence-corrected chi connectivity index (χ0v) is 14.3. The van der Waals surface area contributed by atoms with E-state index in [9.17, 15) is 5.11 Å². The van der Waals surface area contributed by atoms with Gasteiger partial charge >= 0.3 is 0 Å². The Morgan fingerprint density at radius 3 is 2.62 bits per heavy atom. The summed E-state index contributed by atoms with van der Waals surface area (Å²) < 4.78 is 5.37. The molecule has 130 valence electrons. The van der Waals surface area contributed by atoms with Gasteiger partial charge in [-0.25, -0.2) is 0 Å². The summed E-state index contributed by atoms with van der Waals surface area (Å²) in [5.74, 6) is 1.99. The first-order valence-corrected chi connectivity index (χ1v) is 9.02. The molecule has 2 N–H and O–H groups in total. The summed E-state index contributed by atoms with van der Waals surface area (Å²) in [6.45, 7) is 2.68. The second kappa shape index (κ2) is 8.40. The van der Waals surface area contributed by atoms with Crippen molar-refractivity contribution in [3.8, 4) is 0 Å². The van der Waals surface area contributed by atoms with Crippen LogP contribution in [0.2, 0.25) is 0 Å². The Labute approximate surface area is 143 Å². The fourth-order valence-electron chi connectivity index (χ4n) is 3.38. The first kappa shape index (κ1) is 17.1. The highest BCUT2D eigenvalue weighted by Gasteiger charge is 2.26. The van der Waals surface area contributed by atoms with E-state index in [1.165, 1.54) is 5.56 Å². The molecule has 1 fully saturated rings. The van der Waals surface area contributed by atoms with E-state index in [0.29, 0.717) is 24.9 Å². The van der Waals surface area contributed by atoms with E-state index in [1.54, 1.807) is 0 Å². The molecule has 2 aromatic rings. The molecule has 1 aliphatic carbocycles. The lowest BCUT2D eigenvalue weighted by molar-refractivity contribution is 0.161. The second-order valence-corrected chi connectivity index (χ2v) is 6.70. The summed E-state index contributed by atoms with van der Waals surface area (Å²) in [6, 6.07) is 10.6. The van der Waals surface area contributed by atoms with Gasteiger partial charge in [0.1, 0.15) is 0 Å². The van der Waals surface area contributed by atoms with Crippen molar-refractivity contribution in [3.63, 3.8) is 0 Å². The first-order valence-electron chi connectivity index (χ1n) is 9.02. The third-order valence-corrected chi connectivity index (χ3v) is 4.83. The van der Waals surface area contributed by atoms with Gasteiger partial charge in [0.15, 0.2) is 5.82 Å². The second-order valence-electron chi connectivity index (χ2n) is 6.70. The van der Waals surface area contributed by atoms with Crippen LogP contribution in [0, 0.1) is 0 Å². The summed E-state index contributed by atoms with van der Waals surface area (Å²) >= 11 is 0. The van der Waals surface area contributed by atoms with Gasteiger partial charge in [-0.3, -0.25) is 0 Å². The van der Waals surface area contributed by atoms with Crippen LogP contribution >= 0.6 is 0 Å². The minimum absolute atomic E-state index is 0.340. The van der Waals surface area contributed by atoms with Gasteiger partial charge in [0, 0.05) is 24.9 Å². The summed E-state index contributed by atoms with van der Waals surface area (Å²) in [4.78, 5) is 4.46. The minimum Gasteiger partial charge on any atom is -0.391 e. The van der Waals surface area contributed by atoms with Crippen LogP contribution in [0.5, 0.6) is 0 Å². The molecule has 1 saturated carbocycles. The molecular formula is C19H27N3O2. The molecule has 1 heterocycles. The van der Waals surface area contributed by atoms with Gasteiger partial charge in [0.2, 0.25) is 5.89 Å². The van der Waals surface area contributed by atoms with E-state index in [2.05, 4.69) is 27.6 Å².